The van der Waals surface area contributed by atoms with Gasteiger partial charge in [-0.25, -0.2) is 8.42 Å². The zero-order valence-corrected chi connectivity index (χ0v) is 13.0. The van der Waals surface area contributed by atoms with E-state index < -0.39 is 15.1 Å². The van der Waals surface area contributed by atoms with Gasteiger partial charge in [-0.2, -0.15) is 0 Å². The number of hydrogen-bond acceptors (Lipinski definition) is 3. The lowest BCUT2D eigenvalue weighted by Gasteiger charge is -2.15. The van der Waals surface area contributed by atoms with Crippen LogP contribution in [0.2, 0.25) is 0 Å². The van der Waals surface area contributed by atoms with Crippen LogP contribution in [0.1, 0.15) is 10.8 Å². The molecule has 2 aromatic carbocycles. The molecule has 0 amide bonds. The van der Waals surface area contributed by atoms with Crippen LogP contribution in [0, 0.1) is 0 Å². The van der Waals surface area contributed by atoms with Crippen molar-refractivity contribution in [3.05, 3.63) is 65.5 Å². The van der Waals surface area contributed by atoms with Gasteiger partial charge in [-0.05, 0) is 27.8 Å². The summed E-state index contributed by atoms with van der Waals surface area (Å²) in [6, 6.07) is 17.1. The summed E-state index contributed by atoms with van der Waals surface area (Å²) in [7, 11) is -3.40. The maximum absolute atomic E-state index is 12.8. The molecule has 0 aliphatic carbocycles. The SMILES string of the molecule is [NH3+]C[C@H](c1cccc2ccccc12)S(=O)(=O)c1cccs1. The molecule has 1 aromatic heterocycles. The van der Waals surface area contributed by atoms with Gasteiger partial charge in [0.2, 0.25) is 0 Å². The zero-order valence-electron chi connectivity index (χ0n) is 11.4. The second kappa shape index (κ2) is 5.60. The maximum Gasteiger partial charge on any atom is 0.200 e. The first-order chi connectivity index (χ1) is 10.1. The molecule has 0 radical (unpaired) electrons. The largest absolute Gasteiger partial charge is 0.356 e. The average Bonchev–Trinajstić information content (AvgIpc) is 3.03. The highest BCUT2D eigenvalue weighted by molar-refractivity contribution is 7.93. The number of sulfone groups is 1. The molecule has 0 saturated heterocycles. The van der Waals surface area contributed by atoms with Crippen molar-refractivity contribution in [1.29, 1.82) is 0 Å². The van der Waals surface area contributed by atoms with Gasteiger partial charge in [0.25, 0.3) is 0 Å². The topological polar surface area (TPSA) is 61.8 Å². The monoisotopic (exact) mass is 318 g/mol. The second-order valence-corrected chi connectivity index (χ2v) is 8.13. The van der Waals surface area contributed by atoms with E-state index in [0.717, 1.165) is 16.3 Å². The van der Waals surface area contributed by atoms with Gasteiger partial charge in [0, 0.05) is 0 Å². The smallest absolute Gasteiger partial charge is 0.200 e. The molecule has 3 rings (SSSR count). The summed E-state index contributed by atoms with van der Waals surface area (Å²) in [5.74, 6) is 0. The Morgan fingerprint density at radius 2 is 1.76 bits per heavy atom. The van der Waals surface area contributed by atoms with Gasteiger partial charge in [0.15, 0.2) is 9.84 Å². The van der Waals surface area contributed by atoms with Crippen LogP contribution in [0.25, 0.3) is 10.8 Å². The fourth-order valence-corrected chi connectivity index (χ4v) is 5.47. The van der Waals surface area contributed by atoms with Gasteiger partial charge in [0.1, 0.15) is 9.46 Å². The number of benzene rings is 2. The van der Waals surface area contributed by atoms with Crippen molar-refractivity contribution in [3.8, 4) is 0 Å². The predicted molar refractivity (Wildman–Crippen MR) is 85.9 cm³/mol. The molecule has 1 atom stereocenters. The average molecular weight is 318 g/mol. The number of hydrogen-bond donors (Lipinski definition) is 1. The molecule has 1 heterocycles. The number of rotatable bonds is 4. The van der Waals surface area contributed by atoms with E-state index in [9.17, 15) is 8.42 Å². The lowest BCUT2D eigenvalue weighted by molar-refractivity contribution is -0.367. The molecular formula is C16H16NO2S2+. The Morgan fingerprint density at radius 1 is 1.00 bits per heavy atom. The van der Waals surface area contributed by atoms with E-state index in [4.69, 9.17) is 0 Å². The van der Waals surface area contributed by atoms with Crippen LogP contribution >= 0.6 is 11.3 Å². The van der Waals surface area contributed by atoms with Crippen LogP contribution in [-0.4, -0.2) is 15.0 Å². The van der Waals surface area contributed by atoms with Crippen molar-refractivity contribution in [3.63, 3.8) is 0 Å². The van der Waals surface area contributed by atoms with Crippen molar-refractivity contribution in [2.45, 2.75) is 9.46 Å². The summed E-state index contributed by atoms with van der Waals surface area (Å²) in [6.45, 7) is 0.314. The van der Waals surface area contributed by atoms with Crippen molar-refractivity contribution in [2.24, 2.45) is 0 Å². The zero-order chi connectivity index (χ0) is 14.9. The Kier molecular flexibility index (Phi) is 3.80. The second-order valence-electron chi connectivity index (χ2n) is 4.82. The molecule has 21 heavy (non-hydrogen) atoms. The quantitative estimate of drug-likeness (QED) is 0.804. The highest BCUT2D eigenvalue weighted by atomic mass is 32.2. The minimum absolute atomic E-state index is 0.314. The fourth-order valence-electron chi connectivity index (χ4n) is 2.57. The van der Waals surface area contributed by atoms with E-state index in [0.29, 0.717) is 10.8 Å². The van der Waals surface area contributed by atoms with Crippen LogP contribution in [0.5, 0.6) is 0 Å². The maximum atomic E-state index is 12.8. The highest BCUT2D eigenvalue weighted by Gasteiger charge is 2.31. The van der Waals surface area contributed by atoms with Gasteiger partial charge in [0.05, 0.1) is 6.54 Å². The first kappa shape index (κ1) is 14.3. The number of thiophene rings is 1. The number of quaternary nitrogens is 1. The third-order valence-corrected chi connectivity index (χ3v) is 7.17. The minimum Gasteiger partial charge on any atom is -0.356 e. The highest BCUT2D eigenvalue weighted by Crippen LogP contribution is 2.34. The summed E-state index contributed by atoms with van der Waals surface area (Å²) >= 11 is 1.26. The summed E-state index contributed by atoms with van der Waals surface area (Å²) in [5, 5.41) is 3.21. The predicted octanol–water partition coefficient (Wildman–Crippen LogP) is 2.66. The van der Waals surface area contributed by atoms with Crippen LogP contribution < -0.4 is 5.73 Å². The minimum atomic E-state index is -3.40. The van der Waals surface area contributed by atoms with Crippen molar-refractivity contribution < 1.29 is 14.2 Å². The van der Waals surface area contributed by atoms with Gasteiger partial charge in [-0.1, -0.05) is 48.5 Å². The van der Waals surface area contributed by atoms with Crippen LogP contribution in [0.3, 0.4) is 0 Å². The normalized spacial score (nSPS) is 13.4. The molecule has 0 aliphatic heterocycles. The fraction of sp³-hybridized carbons (Fsp3) is 0.125. The first-order valence-corrected chi connectivity index (χ1v) is 9.11. The van der Waals surface area contributed by atoms with E-state index in [1.165, 1.54) is 11.3 Å². The summed E-state index contributed by atoms with van der Waals surface area (Å²) in [4.78, 5) is 0. The van der Waals surface area contributed by atoms with E-state index >= 15 is 0 Å². The van der Waals surface area contributed by atoms with Crippen LogP contribution in [0.4, 0.5) is 0 Å². The molecule has 0 aliphatic rings. The van der Waals surface area contributed by atoms with Crippen molar-refractivity contribution in [2.75, 3.05) is 6.54 Å². The van der Waals surface area contributed by atoms with E-state index in [1.54, 1.807) is 17.5 Å². The molecule has 0 bridgehead atoms. The number of fused-ring (bicyclic) bond motifs is 1. The Balaban J connectivity index is 2.20. The van der Waals surface area contributed by atoms with Gasteiger partial charge < -0.3 is 5.73 Å². The van der Waals surface area contributed by atoms with Gasteiger partial charge in [-0.15, -0.1) is 11.3 Å². The van der Waals surface area contributed by atoms with Crippen LogP contribution in [0.15, 0.2) is 64.2 Å². The molecule has 0 fully saturated rings. The summed E-state index contributed by atoms with van der Waals surface area (Å²) < 4.78 is 26.1. The van der Waals surface area contributed by atoms with Crippen LogP contribution in [-0.2, 0) is 9.84 Å². The third-order valence-electron chi connectivity index (χ3n) is 3.58. The standard InChI is InChI=1S/C16H15NO2S2/c17-11-15(21(18,19)16-9-4-10-20-16)14-8-3-6-12-5-1-2-7-13(12)14/h1-10,15H,11,17H2/p+1/t15-/m1/s1. The molecule has 0 saturated carbocycles. The molecule has 0 unspecified atom stereocenters. The lowest BCUT2D eigenvalue weighted by atomic mass is 10.0. The molecule has 3 nitrogen and oxygen atoms in total. The first-order valence-electron chi connectivity index (χ1n) is 6.69. The van der Waals surface area contributed by atoms with E-state index in [1.807, 2.05) is 42.5 Å². The van der Waals surface area contributed by atoms with Gasteiger partial charge >= 0.3 is 0 Å². The van der Waals surface area contributed by atoms with Crippen molar-refractivity contribution >= 4 is 31.9 Å². The molecule has 5 heteroatoms. The van der Waals surface area contributed by atoms with Crippen molar-refractivity contribution in [1.82, 2.24) is 0 Å². The Labute approximate surface area is 128 Å². The molecular weight excluding hydrogens is 302 g/mol. The van der Waals surface area contributed by atoms with E-state index in [2.05, 4.69) is 5.73 Å². The molecule has 3 aromatic rings. The van der Waals surface area contributed by atoms with Gasteiger partial charge in [-0.3, -0.25) is 0 Å². The molecule has 3 N–H and O–H groups in total. The van der Waals surface area contributed by atoms with E-state index in [-0.39, 0.29) is 0 Å². The third kappa shape index (κ3) is 2.48. The Bertz CT molecular complexity index is 850. The summed E-state index contributed by atoms with van der Waals surface area (Å²) in [6.07, 6.45) is 0. The summed E-state index contributed by atoms with van der Waals surface area (Å²) in [5.41, 5.74) is 4.70. The Morgan fingerprint density at radius 3 is 2.48 bits per heavy atom. The Hall–Kier alpha value is -1.69. The molecule has 108 valence electrons. The lowest BCUT2D eigenvalue weighted by Crippen LogP contribution is -2.54. The molecule has 0 spiro atoms.